The molecule has 1 aliphatic heterocycles. The summed E-state index contributed by atoms with van der Waals surface area (Å²) in [7, 11) is 1.69. The molecule has 0 atom stereocenters. The molecule has 3 aromatic rings. The number of hydrogen-bond donors (Lipinski definition) is 1. The van der Waals surface area contributed by atoms with Gasteiger partial charge in [-0.3, -0.25) is 9.69 Å². The van der Waals surface area contributed by atoms with Crippen molar-refractivity contribution in [1.29, 1.82) is 0 Å². The first-order chi connectivity index (χ1) is 14.1. The van der Waals surface area contributed by atoms with Gasteiger partial charge < -0.3 is 10.1 Å². The Labute approximate surface area is 175 Å². The molecule has 4 rings (SSSR count). The maximum atomic E-state index is 12.9. The number of pyridine rings is 1. The minimum absolute atomic E-state index is 0.0863. The Balaban J connectivity index is 1.37. The van der Waals surface area contributed by atoms with Gasteiger partial charge in [0.1, 0.15) is 10.9 Å². The molecule has 5 nitrogen and oxygen atoms in total. The van der Waals surface area contributed by atoms with Crippen LogP contribution in [0.15, 0.2) is 54.6 Å². The van der Waals surface area contributed by atoms with Gasteiger partial charge in [-0.25, -0.2) is 4.98 Å². The minimum Gasteiger partial charge on any atom is -0.497 e. The molecule has 0 bridgehead atoms. The number of nitrogens with zero attached hydrogens (tertiary/aromatic N) is 2. The molecule has 0 spiro atoms. The lowest BCUT2D eigenvalue weighted by atomic mass is 10.0. The number of carbonyl (C=O) groups is 1. The molecule has 0 aliphatic carbocycles. The first kappa shape index (κ1) is 19.7. The Hall–Kier alpha value is -2.63. The molecule has 0 saturated carbocycles. The fraction of sp³-hybridized carbons (Fsp3) is 0.304. The topological polar surface area (TPSA) is 54.5 Å². The summed E-state index contributed by atoms with van der Waals surface area (Å²) in [4.78, 5) is 19.6. The van der Waals surface area contributed by atoms with Crippen molar-refractivity contribution in [2.75, 3.05) is 20.2 Å². The lowest BCUT2D eigenvalue weighted by Crippen LogP contribution is -2.44. The number of carbonyl (C=O) groups excluding carboxylic acids is 1. The third-order valence-electron chi connectivity index (χ3n) is 5.39. The number of piperidine rings is 1. The smallest absolute Gasteiger partial charge is 0.252 e. The van der Waals surface area contributed by atoms with Gasteiger partial charge in [0, 0.05) is 31.1 Å². The maximum absolute atomic E-state index is 12.9. The average Bonchev–Trinajstić information content (AvgIpc) is 2.74. The van der Waals surface area contributed by atoms with E-state index < -0.39 is 0 Å². The van der Waals surface area contributed by atoms with Gasteiger partial charge in [0.25, 0.3) is 5.91 Å². The molecule has 1 N–H and O–H groups in total. The number of rotatable bonds is 5. The van der Waals surface area contributed by atoms with Gasteiger partial charge in [-0.2, -0.15) is 0 Å². The van der Waals surface area contributed by atoms with Crippen molar-refractivity contribution < 1.29 is 9.53 Å². The summed E-state index contributed by atoms with van der Waals surface area (Å²) in [6.07, 6.45) is 1.85. The highest BCUT2D eigenvalue weighted by molar-refractivity contribution is 6.30. The number of nitrogens with one attached hydrogen (secondary N) is 1. The molecule has 6 heteroatoms. The van der Waals surface area contributed by atoms with Gasteiger partial charge in [0.2, 0.25) is 0 Å². The number of benzene rings is 2. The summed E-state index contributed by atoms with van der Waals surface area (Å²) in [6, 6.07) is 17.6. The SMILES string of the molecule is COc1cccc(CN2CCC(NC(=O)c3cc(Cl)nc4ccccc34)CC2)c1. The van der Waals surface area contributed by atoms with Gasteiger partial charge in [0.15, 0.2) is 0 Å². The van der Waals surface area contributed by atoms with Gasteiger partial charge in [0.05, 0.1) is 18.2 Å². The molecular weight excluding hydrogens is 386 g/mol. The minimum atomic E-state index is -0.0863. The van der Waals surface area contributed by atoms with Crippen molar-refractivity contribution in [1.82, 2.24) is 15.2 Å². The number of likely N-dealkylation sites (tertiary alicyclic amines) is 1. The molecule has 29 heavy (non-hydrogen) atoms. The molecule has 1 aliphatic rings. The highest BCUT2D eigenvalue weighted by atomic mass is 35.5. The number of fused-ring (bicyclic) bond motifs is 1. The summed E-state index contributed by atoms with van der Waals surface area (Å²) in [5.41, 5.74) is 2.56. The Morgan fingerprint density at radius 1 is 1.17 bits per heavy atom. The van der Waals surface area contributed by atoms with E-state index in [0.717, 1.165) is 49.1 Å². The summed E-state index contributed by atoms with van der Waals surface area (Å²) in [5, 5.41) is 4.34. The summed E-state index contributed by atoms with van der Waals surface area (Å²) in [6.45, 7) is 2.78. The zero-order chi connectivity index (χ0) is 20.2. The van der Waals surface area contributed by atoms with Crippen molar-refractivity contribution in [3.05, 3.63) is 70.9 Å². The number of halogens is 1. The van der Waals surface area contributed by atoms with E-state index in [4.69, 9.17) is 16.3 Å². The molecule has 150 valence electrons. The van der Waals surface area contributed by atoms with Crippen LogP contribution in [0.2, 0.25) is 5.15 Å². The molecule has 2 aromatic carbocycles. The molecule has 1 saturated heterocycles. The monoisotopic (exact) mass is 409 g/mol. The van der Waals surface area contributed by atoms with Crippen LogP contribution in [-0.4, -0.2) is 42.0 Å². The van der Waals surface area contributed by atoms with Crippen LogP contribution in [0.25, 0.3) is 10.9 Å². The van der Waals surface area contributed by atoms with Crippen molar-refractivity contribution in [2.45, 2.75) is 25.4 Å². The molecule has 1 amide bonds. The number of aromatic nitrogens is 1. The number of ether oxygens (including phenoxy) is 1. The van der Waals surface area contributed by atoms with E-state index in [9.17, 15) is 4.79 Å². The van der Waals surface area contributed by atoms with Crippen LogP contribution in [-0.2, 0) is 6.54 Å². The molecule has 0 radical (unpaired) electrons. The van der Waals surface area contributed by atoms with Crippen LogP contribution in [0.4, 0.5) is 0 Å². The highest BCUT2D eigenvalue weighted by Gasteiger charge is 2.22. The summed E-state index contributed by atoms with van der Waals surface area (Å²) < 4.78 is 5.31. The van der Waals surface area contributed by atoms with Crippen molar-refractivity contribution in [3.63, 3.8) is 0 Å². The number of amides is 1. The molecule has 0 unspecified atom stereocenters. The predicted octanol–water partition coefficient (Wildman–Crippen LogP) is 4.29. The van der Waals surface area contributed by atoms with E-state index in [0.29, 0.717) is 10.7 Å². The van der Waals surface area contributed by atoms with E-state index in [1.165, 1.54) is 5.56 Å². The standard InChI is InChI=1S/C23H24ClN3O2/c1-29-18-6-4-5-16(13-18)15-27-11-9-17(10-12-27)25-23(28)20-14-22(24)26-21-8-3-2-7-19(20)21/h2-8,13-14,17H,9-12,15H2,1H3,(H,25,28). The molecule has 1 aromatic heterocycles. The molecule has 2 heterocycles. The summed E-state index contributed by atoms with van der Waals surface area (Å²) >= 11 is 6.12. The fourth-order valence-corrected chi connectivity index (χ4v) is 4.06. The third kappa shape index (κ3) is 4.69. The van der Waals surface area contributed by atoms with E-state index in [1.54, 1.807) is 13.2 Å². The second kappa shape index (κ2) is 8.80. The number of para-hydroxylation sites is 1. The van der Waals surface area contributed by atoms with Crippen LogP contribution in [0.1, 0.15) is 28.8 Å². The Morgan fingerprint density at radius 3 is 2.76 bits per heavy atom. The molecular formula is C23H24ClN3O2. The van der Waals surface area contributed by atoms with Gasteiger partial charge in [-0.1, -0.05) is 41.9 Å². The normalized spacial score (nSPS) is 15.4. The fourth-order valence-electron chi connectivity index (χ4n) is 3.86. The van der Waals surface area contributed by atoms with Crippen molar-refractivity contribution in [2.24, 2.45) is 0 Å². The van der Waals surface area contributed by atoms with Gasteiger partial charge in [-0.15, -0.1) is 0 Å². The van der Waals surface area contributed by atoms with E-state index in [2.05, 4.69) is 27.3 Å². The zero-order valence-corrected chi connectivity index (χ0v) is 17.2. The first-order valence-electron chi connectivity index (χ1n) is 9.84. The van der Waals surface area contributed by atoms with Crippen LogP contribution in [0.5, 0.6) is 5.75 Å². The predicted molar refractivity (Wildman–Crippen MR) is 116 cm³/mol. The highest BCUT2D eigenvalue weighted by Crippen LogP contribution is 2.22. The second-order valence-corrected chi connectivity index (χ2v) is 7.77. The van der Waals surface area contributed by atoms with Crippen LogP contribution >= 0.6 is 11.6 Å². The third-order valence-corrected chi connectivity index (χ3v) is 5.59. The van der Waals surface area contributed by atoms with Gasteiger partial charge in [-0.05, 0) is 42.7 Å². The van der Waals surface area contributed by atoms with Crippen LogP contribution in [0, 0.1) is 0 Å². The second-order valence-electron chi connectivity index (χ2n) is 7.39. The van der Waals surface area contributed by atoms with Gasteiger partial charge >= 0.3 is 0 Å². The maximum Gasteiger partial charge on any atom is 0.252 e. The van der Waals surface area contributed by atoms with E-state index >= 15 is 0 Å². The lowest BCUT2D eigenvalue weighted by molar-refractivity contribution is 0.0910. The van der Waals surface area contributed by atoms with E-state index in [-0.39, 0.29) is 11.9 Å². The lowest BCUT2D eigenvalue weighted by Gasteiger charge is -2.32. The molecule has 1 fully saturated rings. The Kier molecular flexibility index (Phi) is 5.97. The quantitative estimate of drug-likeness (QED) is 0.638. The largest absolute Gasteiger partial charge is 0.497 e. The zero-order valence-electron chi connectivity index (χ0n) is 16.4. The Morgan fingerprint density at radius 2 is 1.97 bits per heavy atom. The van der Waals surface area contributed by atoms with E-state index in [1.807, 2.05) is 36.4 Å². The Bertz CT molecular complexity index is 1020. The van der Waals surface area contributed by atoms with Crippen molar-refractivity contribution in [3.8, 4) is 5.75 Å². The average molecular weight is 410 g/mol. The van der Waals surface area contributed by atoms with Crippen molar-refractivity contribution >= 4 is 28.4 Å². The summed E-state index contributed by atoms with van der Waals surface area (Å²) in [5.74, 6) is 0.796. The van der Waals surface area contributed by atoms with Crippen LogP contribution in [0.3, 0.4) is 0 Å². The number of hydrogen-bond acceptors (Lipinski definition) is 4. The van der Waals surface area contributed by atoms with Crippen LogP contribution < -0.4 is 10.1 Å². The first-order valence-corrected chi connectivity index (χ1v) is 10.2. The number of methoxy groups -OCH3 is 1.